The molecule has 0 bridgehead atoms. The number of aromatic nitrogens is 1. The van der Waals surface area contributed by atoms with Gasteiger partial charge in [-0.05, 0) is 60.9 Å². The predicted molar refractivity (Wildman–Crippen MR) is 162 cm³/mol. The zero-order valence-corrected chi connectivity index (χ0v) is 25.0. The van der Waals surface area contributed by atoms with Crippen LogP contribution in [-0.4, -0.2) is 30.2 Å². The van der Waals surface area contributed by atoms with Gasteiger partial charge in [0.1, 0.15) is 12.4 Å². The van der Waals surface area contributed by atoms with Crippen LogP contribution in [0.1, 0.15) is 43.5 Å². The number of ether oxygens (including phenoxy) is 4. The van der Waals surface area contributed by atoms with Crippen molar-refractivity contribution in [3.8, 4) is 17.2 Å². The Bertz CT molecular complexity index is 1870. The van der Waals surface area contributed by atoms with Crippen LogP contribution in [-0.2, 0) is 20.9 Å². The van der Waals surface area contributed by atoms with Crippen LogP contribution in [0.2, 0.25) is 0 Å². The van der Waals surface area contributed by atoms with Gasteiger partial charge in [0, 0.05) is 6.92 Å². The average molecular weight is 599 g/mol. The van der Waals surface area contributed by atoms with E-state index in [0.717, 1.165) is 11.1 Å². The number of methoxy groups -OCH3 is 1. The van der Waals surface area contributed by atoms with E-state index in [-0.39, 0.29) is 29.2 Å². The van der Waals surface area contributed by atoms with Gasteiger partial charge in [-0.2, -0.15) is 0 Å². The lowest BCUT2D eigenvalue weighted by Crippen LogP contribution is -2.40. The Morgan fingerprint density at radius 3 is 2.44 bits per heavy atom. The first-order valence-electron chi connectivity index (χ1n) is 13.6. The predicted octanol–water partition coefficient (Wildman–Crippen LogP) is 4.31. The van der Waals surface area contributed by atoms with Gasteiger partial charge < -0.3 is 18.9 Å². The van der Waals surface area contributed by atoms with Crippen LogP contribution in [0.15, 0.2) is 93.9 Å². The summed E-state index contributed by atoms with van der Waals surface area (Å²) in [6.45, 7) is 5.34. The Hall–Kier alpha value is -4.96. The molecule has 3 aromatic carbocycles. The smallest absolute Gasteiger partial charge is 0.338 e. The summed E-state index contributed by atoms with van der Waals surface area (Å²) in [5.74, 6) is 0.140. The molecule has 0 N–H and O–H groups in total. The quantitative estimate of drug-likeness (QED) is 0.209. The first-order chi connectivity index (χ1) is 20.8. The maximum Gasteiger partial charge on any atom is 0.338 e. The standard InChI is InChI=1S/C33H30N2O7S/c1-5-40-32(38)29-20(2)34-33-35(30(29)24-13-16-26(42-21(3)36)27(18-24)39-4)31(37)28(43-33)17-22-11-14-25(15-12-22)41-19-23-9-7-6-8-10-23/h6-18,30H,5,19H2,1-4H3/b28-17-/t30-/m1/s1. The molecular weight excluding hydrogens is 568 g/mol. The van der Waals surface area contributed by atoms with Crippen molar-refractivity contribution in [2.24, 2.45) is 4.99 Å². The zero-order chi connectivity index (χ0) is 30.5. The molecule has 0 amide bonds. The summed E-state index contributed by atoms with van der Waals surface area (Å²) >= 11 is 1.23. The molecular formula is C33H30N2O7S. The number of allylic oxidation sites excluding steroid dienone is 1. The van der Waals surface area contributed by atoms with Gasteiger partial charge in [-0.25, -0.2) is 9.79 Å². The summed E-state index contributed by atoms with van der Waals surface area (Å²) in [6.07, 6.45) is 1.79. The van der Waals surface area contributed by atoms with Gasteiger partial charge in [0.2, 0.25) is 0 Å². The van der Waals surface area contributed by atoms with E-state index < -0.39 is 18.0 Å². The highest BCUT2D eigenvalue weighted by Gasteiger charge is 2.34. The number of fused-ring (bicyclic) bond motifs is 1. The highest BCUT2D eigenvalue weighted by molar-refractivity contribution is 7.07. The van der Waals surface area contributed by atoms with Crippen molar-refractivity contribution < 1.29 is 28.5 Å². The fraction of sp³-hybridized carbons (Fsp3) is 0.212. The molecule has 1 atom stereocenters. The van der Waals surface area contributed by atoms with E-state index in [4.69, 9.17) is 18.9 Å². The fourth-order valence-corrected chi connectivity index (χ4v) is 5.80. The average Bonchev–Trinajstić information content (AvgIpc) is 3.30. The normalized spacial score (nSPS) is 14.5. The maximum absolute atomic E-state index is 13.9. The van der Waals surface area contributed by atoms with Gasteiger partial charge >= 0.3 is 11.9 Å². The molecule has 0 aliphatic carbocycles. The van der Waals surface area contributed by atoms with Crippen molar-refractivity contribution in [3.05, 3.63) is 120 Å². The molecule has 10 heteroatoms. The third-order valence-electron chi connectivity index (χ3n) is 6.70. The zero-order valence-electron chi connectivity index (χ0n) is 24.2. The number of thiazole rings is 1. The second kappa shape index (κ2) is 12.9. The number of carbonyl (C=O) groups is 2. The molecule has 5 rings (SSSR count). The number of hydrogen-bond acceptors (Lipinski definition) is 9. The minimum absolute atomic E-state index is 0.159. The van der Waals surface area contributed by atoms with Gasteiger partial charge in [-0.15, -0.1) is 0 Å². The summed E-state index contributed by atoms with van der Waals surface area (Å²) < 4.78 is 23.9. The first-order valence-corrected chi connectivity index (χ1v) is 14.4. The molecule has 0 radical (unpaired) electrons. The molecule has 2 heterocycles. The Morgan fingerprint density at radius 1 is 1.02 bits per heavy atom. The van der Waals surface area contributed by atoms with Crippen LogP contribution >= 0.6 is 11.3 Å². The second-order valence-corrected chi connectivity index (χ2v) is 10.7. The fourth-order valence-electron chi connectivity index (χ4n) is 4.75. The van der Waals surface area contributed by atoms with E-state index in [1.54, 1.807) is 38.1 Å². The molecule has 0 saturated heterocycles. The molecule has 1 aliphatic heterocycles. The first kappa shape index (κ1) is 29.5. The highest BCUT2D eigenvalue weighted by atomic mass is 32.1. The largest absolute Gasteiger partial charge is 0.493 e. The monoisotopic (exact) mass is 598 g/mol. The third kappa shape index (κ3) is 6.44. The lowest BCUT2D eigenvalue weighted by atomic mass is 9.95. The lowest BCUT2D eigenvalue weighted by Gasteiger charge is -2.25. The molecule has 0 fully saturated rings. The van der Waals surface area contributed by atoms with Crippen LogP contribution < -0.4 is 29.1 Å². The summed E-state index contributed by atoms with van der Waals surface area (Å²) in [7, 11) is 1.45. The van der Waals surface area contributed by atoms with Crippen LogP contribution in [0.25, 0.3) is 6.08 Å². The van der Waals surface area contributed by atoms with E-state index in [1.807, 2.05) is 54.6 Å². The van der Waals surface area contributed by atoms with Crippen LogP contribution in [0.4, 0.5) is 0 Å². The maximum atomic E-state index is 13.9. The van der Waals surface area contributed by atoms with Crippen LogP contribution in [0.5, 0.6) is 17.2 Å². The van der Waals surface area contributed by atoms with E-state index in [1.165, 1.54) is 29.9 Å². The van der Waals surface area contributed by atoms with Gasteiger partial charge in [-0.1, -0.05) is 59.9 Å². The van der Waals surface area contributed by atoms with E-state index >= 15 is 0 Å². The Morgan fingerprint density at radius 2 is 1.77 bits per heavy atom. The molecule has 220 valence electrons. The molecule has 4 aromatic rings. The van der Waals surface area contributed by atoms with E-state index in [0.29, 0.717) is 33.0 Å². The minimum Gasteiger partial charge on any atom is -0.493 e. The molecule has 9 nitrogen and oxygen atoms in total. The summed E-state index contributed by atoms with van der Waals surface area (Å²) in [5.41, 5.74) is 2.82. The van der Waals surface area contributed by atoms with Crippen molar-refractivity contribution in [1.82, 2.24) is 4.57 Å². The number of hydrogen-bond donors (Lipinski definition) is 0. The van der Waals surface area contributed by atoms with Crippen LogP contribution in [0.3, 0.4) is 0 Å². The number of esters is 2. The minimum atomic E-state index is -0.841. The lowest BCUT2D eigenvalue weighted by molar-refractivity contribution is -0.139. The molecule has 1 aromatic heterocycles. The molecule has 43 heavy (non-hydrogen) atoms. The van der Waals surface area contributed by atoms with Gasteiger partial charge in [0.25, 0.3) is 5.56 Å². The van der Waals surface area contributed by atoms with Gasteiger partial charge in [-0.3, -0.25) is 14.2 Å². The summed E-state index contributed by atoms with van der Waals surface area (Å²) in [5, 5.41) is 0. The van der Waals surface area contributed by atoms with Crippen molar-refractivity contribution in [1.29, 1.82) is 0 Å². The number of carbonyl (C=O) groups excluding carboxylic acids is 2. The second-order valence-electron chi connectivity index (χ2n) is 9.65. The number of rotatable bonds is 9. The SMILES string of the molecule is CCOC(=O)C1=C(C)N=c2s/c(=C\c3ccc(OCc4ccccc4)cc3)c(=O)n2[C@@H]1c1ccc(OC(C)=O)c(OC)c1. The number of benzene rings is 3. The van der Waals surface area contributed by atoms with Gasteiger partial charge in [0.05, 0.1) is 35.6 Å². The topological polar surface area (TPSA) is 105 Å². The molecule has 0 saturated carbocycles. The van der Waals surface area contributed by atoms with E-state index in [9.17, 15) is 14.4 Å². The van der Waals surface area contributed by atoms with Crippen molar-refractivity contribution in [2.75, 3.05) is 13.7 Å². The summed E-state index contributed by atoms with van der Waals surface area (Å²) in [4.78, 5) is 43.7. The van der Waals surface area contributed by atoms with Crippen molar-refractivity contribution in [2.45, 2.75) is 33.4 Å². The van der Waals surface area contributed by atoms with E-state index in [2.05, 4.69) is 4.99 Å². The van der Waals surface area contributed by atoms with Crippen LogP contribution in [0, 0.1) is 0 Å². The Labute approximate surface area is 252 Å². The highest BCUT2D eigenvalue weighted by Crippen LogP contribution is 2.36. The molecule has 0 unspecified atom stereocenters. The van der Waals surface area contributed by atoms with Gasteiger partial charge in [0.15, 0.2) is 16.3 Å². The molecule has 1 aliphatic rings. The molecule has 0 spiro atoms. The number of nitrogens with zero attached hydrogens (tertiary/aromatic N) is 2. The van der Waals surface area contributed by atoms with Crippen molar-refractivity contribution >= 4 is 29.4 Å². The van der Waals surface area contributed by atoms with Crippen molar-refractivity contribution in [3.63, 3.8) is 0 Å². The third-order valence-corrected chi connectivity index (χ3v) is 7.68. The Balaban J connectivity index is 1.54. The summed E-state index contributed by atoms with van der Waals surface area (Å²) in [6, 6.07) is 21.4. The Kier molecular flexibility index (Phi) is 8.87.